The third-order valence-electron chi connectivity index (χ3n) is 5.85. The molecule has 8 nitrogen and oxygen atoms in total. The zero-order valence-corrected chi connectivity index (χ0v) is 20.6. The predicted molar refractivity (Wildman–Crippen MR) is 149 cm³/mol. The summed E-state index contributed by atoms with van der Waals surface area (Å²) < 4.78 is 1.87. The van der Waals surface area contributed by atoms with Gasteiger partial charge in [0.1, 0.15) is 5.52 Å². The van der Waals surface area contributed by atoms with Crippen LogP contribution in [0.1, 0.15) is 25.3 Å². The van der Waals surface area contributed by atoms with Crippen molar-refractivity contribution >= 4 is 46.0 Å². The highest BCUT2D eigenvalue weighted by Gasteiger charge is 2.18. The molecule has 0 saturated heterocycles. The lowest BCUT2D eigenvalue weighted by Gasteiger charge is -2.15. The first-order valence-corrected chi connectivity index (χ1v) is 12.0. The number of hydrogen-bond acceptors (Lipinski definition) is 6. The molecule has 1 amide bonds. The molecule has 0 aliphatic carbocycles. The third-order valence-corrected chi connectivity index (χ3v) is 5.85. The first-order chi connectivity index (χ1) is 18.0. The van der Waals surface area contributed by atoms with E-state index in [0.29, 0.717) is 40.4 Å². The number of aromatic nitrogens is 4. The summed E-state index contributed by atoms with van der Waals surface area (Å²) in [6.45, 7) is 7.89. The molecule has 0 atom stereocenters. The maximum atomic E-state index is 12.2. The molecule has 0 bridgehead atoms. The second-order valence-corrected chi connectivity index (χ2v) is 8.78. The Labute approximate surface area is 215 Å². The average molecular weight is 490 g/mol. The van der Waals surface area contributed by atoms with Crippen LogP contribution in [-0.4, -0.2) is 25.4 Å². The van der Waals surface area contributed by atoms with Crippen LogP contribution in [0.15, 0.2) is 97.7 Å². The van der Waals surface area contributed by atoms with Crippen molar-refractivity contribution in [2.45, 2.75) is 19.8 Å². The number of imidazole rings is 1. The summed E-state index contributed by atoms with van der Waals surface area (Å²) in [5.41, 5.74) is 5.48. The Bertz CT molecular complexity index is 1560. The minimum atomic E-state index is -0.309. The molecule has 5 rings (SSSR count). The van der Waals surface area contributed by atoms with Crippen molar-refractivity contribution in [1.29, 1.82) is 0 Å². The number of amides is 1. The zero-order valence-electron chi connectivity index (χ0n) is 20.6. The Morgan fingerprint density at radius 2 is 1.59 bits per heavy atom. The van der Waals surface area contributed by atoms with Crippen LogP contribution in [-0.2, 0) is 4.79 Å². The first kappa shape index (κ1) is 23.7. The van der Waals surface area contributed by atoms with Crippen molar-refractivity contribution in [3.05, 3.63) is 103 Å². The van der Waals surface area contributed by atoms with E-state index in [2.05, 4.69) is 53.5 Å². The average Bonchev–Trinajstić information content (AvgIpc) is 3.26. The molecule has 0 fully saturated rings. The number of nitrogens with zero attached hydrogens (tertiary/aromatic N) is 4. The van der Waals surface area contributed by atoms with Gasteiger partial charge in [-0.1, -0.05) is 62.9 Å². The fourth-order valence-electron chi connectivity index (χ4n) is 3.94. The van der Waals surface area contributed by atoms with Gasteiger partial charge in [0.15, 0.2) is 5.65 Å². The summed E-state index contributed by atoms with van der Waals surface area (Å²) in [7, 11) is 0. The van der Waals surface area contributed by atoms with Crippen LogP contribution in [0.5, 0.6) is 0 Å². The molecule has 0 saturated carbocycles. The highest BCUT2D eigenvalue weighted by atomic mass is 16.1. The van der Waals surface area contributed by atoms with Crippen molar-refractivity contribution in [2.24, 2.45) is 0 Å². The van der Waals surface area contributed by atoms with Gasteiger partial charge in [0, 0.05) is 11.4 Å². The fraction of sp³-hybridized carbons (Fsp3) is 0.103. The van der Waals surface area contributed by atoms with Crippen LogP contribution >= 0.6 is 0 Å². The van der Waals surface area contributed by atoms with Crippen molar-refractivity contribution in [2.75, 3.05) is 16.0 Å². The minimum absolute atomic E-state index is 0.309. The highest BCUT2D eigenvalue weighted by molar-refractivity contribution is 6.00. The lowest BCUT2D eigenvalue weighted by atomic mass is 10.0. The number of rotatable bonds is 8. The van der Waals surface area contributed by atoms with E-state index in [9.17, 15) is 4.79 Å². The number of benzene rings is 3. The monoisotopic (exact) mass is 489 g/mol. The summed E-state index contributed by atoms with van der Waals surface area (Å²) in [6, 6.07) is 25.4. The van der Waals surface area contributed by atoms with Crippen LogP contribution in [0.3, 0.4) is 0 Å². The summed E-state index contributed by atoms with van der Waals surface area (Å²) in [6.07, 6.45) is 2.92. The second kappa shape index (κ2) is 10.3. The number of fused-ring (bicyclic) bond motifs is 1. The first-order valence-electron chi connectivity index (χ1n) is 12.0. The zero-order chi connectivity index (χ0) is 25.8. The van der Waals surface area contributed by atoms with Crippen LogP contribution < -0.4 is 16.0 Å². The van der Waals surface area contributed by atoms with Gasteiger partial charge in [0.05, 0.1) is 17.6 Å². The van der Waals surface area contributed by atoms with Crippen LogP contribution in [0.2, 0.25) is 0 Å². The molecule has 0 aliphatic heterocycles. The van der Waals surface area contributed by atoms with Gasteiger partial charge in [0.2, 0.25) is 17.8 Å². The Kier molecular flexibility index (Phi) is 6.63. The summed E-state index contributed by atoms with van der Waals surface area (Å²) >= 11 is 0. The molecule has 0 spiro atoms. The van der Waals surface area contributed by atoms with Gasteiger partial charge in [-0.05, 0) is 54.0 Å². The van der Waals surface area contributed by atoms with Crippen molar-refractivity contribution in [3.63, 3.8) is 0 Å². The largest absolute Gasteiger partial charge is 0.325 e. The SMILES string of the molecule is C=CC(=O)Nc1ccccc1-n1c(Nc2ccccc2)nc2cnc(Nc3ccc(C(C)C)cc3)nc21. The van der Waals surface area contributed by atoms with E-state index >= 15 is 0 Å². The number of anilines is 5. The maximum Gasteiger partial charge on any atom is 0.247 e. The third kappa shape index (κ3) is 5.18. The summed E-state index contributed by atoms with van der Waals surface area (Å²) in [5.74, 6) is 1.11. The van der Waals surface area contributed by atoms with Gasteiger partial charge in [-0.25, -0.2) is 9.97 Å². The predicted octanol–water partition coefficient (Wildman–Crippen LogP) is 6.55. The number of para-hydroxylation sites is 3. The fourth-order valence-corrected chi connectivity index (χ4v) is 3.94. The summed E-state index contributed by atoms with van der Waals surface area (Å²) in [4.78, 5) is 26.2. The molecule has 5 aromatic rings. The standard InChI is InChI=1S/C29H27N7O/c1-4-26(37)33-23-12-8-9-13-25(23)36-27-24(34-29(36)32-21-10-6-5-7-11-21)18-30-28(35-27)31-22-16-14-20(15-17-22)19(2)3/h4-19H,1H2,2-3H3,(H,32,34)(H,33,37)(H,30,31,35). The quantitative estimate of drug-likeness (QED) is 0.214. The Morgan fingerprint density at radius 1 is 0.892 bits per heavy atom. The van der Waals surface area contributed by atoms with E-state index in [4.69, 9.17) is 9.97 Å². The molecule has 0 radical (unpaired) electrons. The molecule has 0 unspecified atom stereocenters. The molecule has 184 valence electrons. The van der Waals surface area contributed by atoms with Crippen LogP contribution in [0.25, 0.3) is 16.9 Å². The molecular weight excluding hydrogens is 462 g/mol. The molecule has 2 heterocycles. The van der Waals surface area contributed by atoms with E-state index in [0.717, 1.165) is 11.4 Å². The van der Waals surface area contributed by atoms with E-state index in [-0.39, 0.29) is 5.91 Å². The topological polar surface area (TPSA) is 96.8 Å². The van der Waals surface area contributed by atoms with E-state index < -0.39 is 0 Å². The number of hydrogen-bond donors (Lipinski definition) is 3. The van der Waals surface area contributed by atoms with Crippen molar-refractivity contribution in [1.82, 2.24) is 19.5 Å². The smallest absolute Gasteiger partial charge is 0.247 e. The molecule has 2 aromatic heterocycles. The summed E-state index contributed by atoms with van der Waals surface area (Å²) in [5, 5.41) is 9.54. The van der Waals surface area contributed by atoms with E-state index in [1.54, 1.807) is 6.20 Å². The molecule has 37 heavy (non-hydrogen) atoms. The lowest BCUT2D eigenvalue weighted by molar-refractivity contribution is -0.111. The van der Waals surface area contributed by atoms with Crippen molar-refractivity contribution in [3.8, 4) is 5.69 Å². The molecule has 3 N–H and O–H groups in total. The van der Waals surface area contributed by atoms with Crippen LogP contribution in [0, 0.1) is 0 Å². The van der Waals surface area contributed by atoms with E-state index in [1.807, 2.05) is 71.3 Å². The Morgan fingerprint density at radius 3 is 2.32 bits per heavy atom. The lowest BCUT2D eigenvalue weighted by Crippen LogP contribution is -2.11. The molecule has 0 aliphatic rings. The minimum Gasteiger partial charge on any atom is -0.325 e. The van der Waals surface area contributed by atoms with Gasteiger partial charge >= 0.3 is 0 Å². The normalized spacial score (nSPS) is 10.9. The van der Waals surface area contributed by atoms with Gasteiger partial charge in [-0.2, -0.15) is 4.98 Å². The van der Waals surface area contributed by atoms with Gasteiger partial charge in [-0.3, -0.25) is 9.36 Å². The van der Waals surface area contributed by atoms with Gasteiger partial charge in [-0.15, -0.1) is 0 Å². The van der Waals surface area contributed by atoms with Crippen LogP contribution in [0.4, 0.5) is 29.0 Å². The maximum absolute atomic E-state index is 12.2. The van der Waals surface area contributed by atoms with Gasteiger partial charge < -0.3 is 16.0 Å². The molecular formula is C29H27N7O. The number of nitrogens with one attached hydrogen (secondary N) is 3. The number of carbonyl (C=O) groups is 1. The molecule has 3 aromatic carbocycles. The second-order valence-electron chi connectivity index (χ2n) is 8.78. The molecule has 8 heteroatoms. The Balaban J connectivity index is 1.61. The van der Waals surface area contributed by atoms with E-state index in [1.165, 1.54) is 11.6 Å². The van der Waals surface area contributed by atoms with Crippen molar-refractivity contribution < 1.29 is 4.79 Å². The van der Waals surface area contributed by atoms with Gasteiger partial charge in [0.25, 0.3) is 0 Å². The highest BCUT2D eigenvalue weighted by Crippen LogP contribution is 2.31. The Hall–Kier alpha value is -4.98. The number of carbonyl (C=O) groups excluding carboxylic acids is 1.